The van der Waals surface area contributed by atoms with E-state index in [0.717, 1.165) is 0 Å². The third-order valence-electron chi connectivity index (χ3n) is 4.85. The van der Waals surface area contributed by atoms with Gasteiger partial charge in [0.2, 0.25) is 0 Å². The van der Waals surface area contributed by atoms with Gasteiger partial charge in [-0.15, -0.1) is 0 Å². The van der Waals surface area contributed by atoms with E-state index in [0.29, 0.717) is 43.9 Å². The van der Waals surface area contributed by atoms with Crippen molar-refractivity contribution in [2.45, 2.75) is 6.92 Å². The van der Waals surface area contributed by atoms with Crippen molar-refractivity contribution in [3.63, 3.8) is 0 Å². The van der Waals surface area contributed by atoms with E-state index in [1.807, 2.05) is 18.2 Å². The minimum Gasteiger partial charge on any atom is -0.410 e. The summed E-state index contributed by atoms with van der Waals surface area (Å²) in [4.78, 5) is 13.3. The number of anilines is 1. The fraction of sp³-hybridized carbons (Fsp3) is 0.0417. The highest BCUT2D eigenvalue weighted by molar-refractivity contribution is 6.33. The van der Waals surface area contributed by atoms with Crippen molar-refractivity contribution < 1.29 is 14.5 Å². The van der Waals surface area contributed by atoms with Crippen molar-refractivity contribution in [2.75, 3.05) is 5.32 Å². The lowest BCUT2D eigenvalue weighted by Crippen LogP contribution is -2.17. The summed E-state index contributed by atoms with van der Waals surface area (Å²) in [7, 11) is 0. The number of nitrogens with one attached hydrogen (secondary N) is 1. The summed E-state index contributed by atoms with van der Waals surface area (Å²) in [5.41, 5.74) is 2.94. The van der Waals surface area contributed by atoms with Crippen LogP contribution >= 0.6 is 23.2 Å². The predicted molar refractivity (Wildman–Crippen MR) is 125 cm³/mol. The molecule has 1 amide bonds. The van der Waals surface area contributed by atoms with Crippen LogP contribution in [0.25, 0.3) is 11.3 Å². The zero-order valence-electron chi connectivity index (χ0n) is 16.8. The van der Waals surface area contributed by atoms with Crippen LogP contribution in [0.5, 0.6) is 0 Å². The van der Waals surface area contributed by atoms with E-state index < -0.39 is 5.91 Å². The number of aromatic nitrogens is 1. The minimum atomic E-state index is -0.451. The SMILES string of the molecule is Cc1onc(-c2ccccc2Cl)c1C(=O)Nc1ccc(Cl)cc1/C(=N/O)c1ccccc1. The third-order valence-corrected chi connectivity index (χ3v) is 5.42. The fourth-order valence-electron chi connectivity index (χ4n) is 3.35. The van der Waals surface area contributed by atoms with Gasteiger partial charge in [-0.05, 0) is 31.2 Å². The van der Waals surface area contributed by atoms with E-state index in [-0.39, 0.29) is 11.3 Å². The lowest BCUT2D eigenvalue weighted by atomic mass is 10.00. The van der Waals surface area contributed by atoms with Gasteiger partial charge in [0.25, 0.3) is 5.91 Å². The van der Waals surface area contributed by atoms with Crippen LogP contribution < -0.4 is 5.32 Å². The summed E-state index contributed by atoms with van der Waals surface area (Å²) in [5, 5.41) is 21.0. The molecule has 3 aromatic carbocycles. The Morgan fingerprint density at radius 1 is 1.03 bits per heavy atom. The van der Waals surface area contributed by atoms with E-state index in [1.165, 1.54) is 0 Å². The number of carbonyl (C=O) groups is 1. The van der Waals surface area contributed by atoms with Gasteiger partial charge in [-0.1, -0.05) is 82.0 Å². The van der Waals surface area contributed by atoms with Crippen LogP contribution in [0.4, 0.5) is 5.69 Å². The molecule has 1 heterocycles. The fourth-order valence-corrected chi connectivity index (χ4v) is 3.74. The largest absolute Gasteiger partial charge is 0.410 e. The maximum atomic E-state index is 13.3. The van der Waals surface area contributed by atoms with Crippen LogP contribution in [0.1, 0.15) is 27.2 Å². The molecule has 0 aliphatic rings. The van der Waals surface area contributed by atoms with Gasteiger partial charge in [-0.2, -0.15) is 0 Å². The maximum Gasteiger partial charge on any atom is 0.261 e. The standard InChI is InChI=1S/C24H17Cl2N3O3/c1-14-21(23(29-32-14)17-9-5-6-10-19(17)26)24(30)27-20-12-11-16(25)13-18(20)22(28-31)15-7-3-2-4-8-15/h2-13,31H,1H3,(H,27,30)/b28-22+. The monoisotopic (exact) mass is 465 g/mol. The summed E-state index contributed by atoms with van der Waals surface area (Å²) in [6.07, 6.45) is 0. The summed E-state index contributed by atoms with van der Waals surface area (Å²) in [6.45, 7) is 1.65. The molecule has 160 valence electrons. The van der Waals surface area contributed by atoms with Crippen LogP contribution in [-0.2, 0) is 0 Å². The first-order chi connectivity index (χ1) is 15.5. The average molecular weight is 466 g/mol. The van der Waals surface area contributed by atoms with E-state index in [4.69, 9.17) is 27.7 Å². The average Bonchev–Trinajstić information content (AvgIpc) is 3.18. The van der Waals surface area contributed by atoms with E-state index in [1.54, 1.807) is 61.5 Å². The second-order valence-electron chi connectivity index (χ2n) is 6.90. The van der Waals surface area contributed by atoms with Crippen molar-refractivity contribution in [1.82, 2.24) is 5.16 Å². The number of hydrogen-bond acceptors (Lipinski definition) is 5. The van der Waals surface area contributed by atoms with Crippen molar-refractivity contribution in [3.8, 4) is 11.3 Å². The first-order valence-corrected chi connectivity index (χ1v) is 10.3. The maximum absolute atomic E-state index is 13.3. The quantitative estimate of drug-likeness (QED) is 0.201. The van der Waals surface area contributed by atoms with Gasteiger partial charge >= 0.3 is 0 Å². The van der Waals surface area contributed by atoms with Gasteiger partial charge in [0, 0.05) is 21.7 Å². The lowest BCUT2D eigenvalue weighted by molar-refractivity contribution is 0.102. The van der Waals surface area contributed by atoms with Crippen molar-refractivity contribution in [1.29, 1.82) is 0 Å². The molecule has 0 bridgehead atoms. The van der Waals surface area contributed by atoms with Gasteiger partial charge in [0.05, 0.1) is 10.7 Å². The molecule has 0 radical (unpaired) electrons. The molecule has 2 N–H and O–H groups in total. The molecule has 4 aromatic rings. The number of halogens is 2. The lowest BCUT2D eigenvalue weighted by Gasteiger charge is -2.13. The first-order valence-electron chi connectivity index (χ1n) is 9.59. The summed E-state index contributed by atoms with van der Waals surface area (Å²) < 4.78 is 5.30. The molecule has 0 aliphatic carbocycles. The molecule has 0 spiro atoms. The molecule has 0 saturated carbocycles. The molecule has 8 heteroatoms. The third kappa shape index (κ3) is 4.23. The van der Waals surface area contributed by atoms with Gasteiger partial charge < -0.3 is 15.0 Å². The Morgan fingerprint density at radius 3 is 2.47 bits per heavy atom. The van der Waals surface area contributed by atoms with E-state index >= 15 is 0 Å². The highest BCUT2D eigenvalue weighted by atomic mass is 35.5. The molecule has 0 unspecified atom stereocenters. The van der Waals surface area contributed by atoms with Gasteiger partial charge in [-0.25, -0.2) is 0 Å². The normalized spacial score (nSPS) is 11.4. The minimum absolute atomic E-state index is 0.251. The van der Waals surface area contributed by atoms with Crippen LogP contribution in [0.2, 0.25) is 10.0 Å². The Morgan fingerprint density at radius 2 is 1.75 bits per heavy atom. The molecule has 0 saturated heterocycles. The topological polar surface area (TPSA) is 87.7 Å². The van der Waals surface area contributed by atoms with Gasteiger partial charge in [0.15, 0.2) is 0 Å². The number of aryl methyl sites for hydroxylation is 1. The number of oxime groups is 1. The van der Waals surface area contributed by atoms with Crippen LogP contribution in [-0.4, -0.2) is 22.0 Å². The Hall–Kier alpha value is -3.61. The Balaban J connectivity index is 1.75. The van der Waals surface area contributed by atoms with Crippen LogP contribution in [0.3, 0.4) is 0 Å². The van der Waals surface area contributed by atoms with Crippen molar-refractivity contribution in [2.24, 2.45) is 5.16 Å². The second kappa shape index (κ2) is 9.26. The number of amides is 1. The highest BCUT2D eigenvalue weighted by Gasteiger charge is 2.24. The molecular weight excluding hydrogens is 449 g/mol. The van der Waals surface area contributed by atoms with Gasteiger partial charge in [-0.3, -0.25) is 4.79 Å². The number of hydrogen-bond donors (Lipinski definition) is 2. The first kappa shape index (κ1) is 21.6. The molecule has 6 nitrogen and oxygen atoms in total. The van der Waals surface area contributed by atoms with Crippen molar-refractivity contribution >= 4 is 40.5 Å². The molecule has 0 atom stereocenters. The molecule has 0 fully saturated rings. The zero-order chi connectivity index (χ0) is 22.7. The summed E-state index contributed by atoms with van der Waals surface area (Å²) >= 11 is 12.5. The molecule has 4 rings (SSSR count). The number of rotatable bonds is 5. The number of carbonyl (C=O) groups excluding carboxylic acids is 1. The Bertz CT molecular complexity index is 1320. The van der Waals surface area contributed by atoms with E-state index in [9.17, 15) is 10.0 Å². The summed E-state index contributed by atoms with van der Waals surface area (Å²) in [6, 6.07) is 21.0. The number of nitrogens with zero attached hydrogens (tertiary/aromatic N) is 2. The smallest absolute Gasteiger partial charge is 0.261 e. The summed E-state index contributed by atoms with van der Waals surface area (Å²) in [5.74, 6) is -0.111. The highest BCUT2D eigenvalue weighted by Crippen LogP contribution is 2.32. The Labute approximate surface area is 194 Å². The molecular formula is C24H17Cl2N3O3. The predicted octanol–water partition coefficient (Wildman–Crippen LogP) is 6.44. The van der Waals surface area contributed by atoms with E-state index in [2.05, 4.69) is 15.6 Å². The second-order valence-corrected chi connectivity index (χ2v) is 7.74. The van der Waals surface area contributed by atoms with Gasteiger partial charge in [0.1, 0.15) is 22.7 Å². The molecule has 1 aromatic heterocycles. The zero-order valence-corrected chi connectivity index (χ0v) is 18.4. The van der Waals surface area contributed by atoms with Crippen molar-refractivity contribution in [3.05, 3.63) is 105 Å². The Kier molecular flexibility index (Phi) is 6.25. The number of benzene rings is 3. The van der Waals surface area contributed by atoms with Crippen LogP contribution in [0, 0.1) is 6.92 Å². The van der Waals surface area contributed by atoms with Crippen LogP contribution in [0.15, 0.2) is 82.5 Å². The molecule has 32 heavy (non-hydrogen) atoms. The molecule has 0 aliphatic heterocycles.